The number of hydrogen-bond acceptors (Lipinski definition) is 5. The molecule has 0 fully saturated rings. The van der Waals surface area contributed by atoms with E-state index in [-0.39, 0.29) is 6.03 Å². The van der Waals surface area contributed by atoms with Crippen molar-refractivity contribution in [3.8, 4) is 17.1 Å². The summed E-state index contributed by atoms with van der Waals surface area (Å²) in [6.07, 6.45) is 0.490. The van der Waals surface area contributed by atoms with Crippen LogP contribution in [0.3, 0.4) is 0 Å². The van der Waals surface area contributed by atoms with Crippen molar-refractivity contribution < 1.29 is 14.1 Å². The van der Waals surface area contributed by atoms with E-state index in [4.69, 9.17) is 9.26 Å². The van der Waals surface area contributed by atoms with Crippen molar-refractivity contribution in [3.05, 3.63) is 30.2 Å². The van der Waals surface area contributed by atoms with Crippen LogP contribution in [0.4, 0.5) is 4.79 Å². The lowest BCUT2D eigenvalue weighted by molar-refractivity contribution is 0.203. The van der Waals surface area contributed by atoms with Gasteiger partial charge in [0.15, 0.2) is 0 Å². The molecule has 7 nitrogen and oxygen atoms in total. The summed E-state index contributed by atoms with van der Waals surface area (Å²) in [4.78, 5) is 17.9. The average Bonchev–Trinajstić information content (AvgIpc) is 3.05. The molecule has 1 heterocycles. The van der Waals surface area contributed by atoms with Gasteiger partial charge in [-0.25, -0.2) is 4.79 Å². The van der Waals surface area contributed by atoms with Crippen LogP contribution in [0.2, 0.25) is 0 Å². The van der Waals surface area contributed by atoms with Gasteiger partial charge in [0, 0.05) is 31.6 Å². The van der Waals surface area contributed by atoms with Gasteiger partial charge in [-0.1, -0.05) is 17.3 Å². The lowest BCUT2D eigenvalue weighted by Gasteiger charge is -2.18. The van der Waals surface area contributed by atoms with Gasteiger partial charge in [0.05, 0.1) is 7.11 Å². The minimum atomic E-state index is -0.0810. The highest BCUT2D eigenvalue weighted by molar-refractivity contribution is 5.74. The number of rotatable bonds is 7. The first-order valence-corrected chi connectivity index (χ1v) is 7.67. The van der Waals surface area contributed by atoms with Crippen molar-refractivity contribution in [3.63, 3.8) is 0 Å². The highest BCUT2D eigenvalue weighted by Crippen LogP contribution is 2.21. The van der Waals surface area contributed by atoms with Crippen molar-refractivity contribution in [2.24, 2.45) is 0 Å². The second-order valence-electron chi connectivity index (χ2n) is 4.90. The number of carbonyl (C=O) groups excluding carboxylic acids is 1. The minimum absolute atomic E-state index is 0.0810. The Balaban J connectivity index is 1.91. The fourth-order valence-electron chi connectivity index (χ4n) is 2.13. The average molecular weight is 318 g/mol. The molecule has 0 radical (unpaired) electrons. The Morgan fingerprint density at radius 1 is 1.35 bits per heavy atom. The first kappa shape index (κ1) is 16.8. The summed E-state index contributed by atoms with van der Waals surface area (Å²) in [5.41, 5.74) is 0.825. The topological polar surface area (TPSA) is 80.5 Å². The largest absolute Gasteiger partial charge is 0.497 e. The Hall–Kier alpha value is -2.57. The molecule has 0 aliphatic heterocycles. The zero-order valence-corrected chi connectivity index (χ0v) is 13.7. The highest BCUT2D eigenvalue weighted by Gasteiger charge is 2.11. The molecule has 2 amide bonds. The second kappa shape index (κ2) is 8.17. The molecular formula is C16H22N4O3. The number of nitrogens with zero attached hydrogens (tertiary/aromatic N) is 3. The van der Waals surface area contributed by atoms with Crippen LogP contribution in [0, 0.1) is 0 Å². The van der Waals surface area contributed by atoms with E-state index in [1.54, 1.807) is 12.0 Å². The van der Waals surface area contributed by atoms with Gasteiger partial charge in [0.1, 0.15) is 5.75 Å². The summed E-state index contributed by atoms with van der Waals surface area (Å²) in [5.74, 6) is 1.73. The summed E-state index contributed by atoms with van der Waals surface area (Å²) >= 11 is 0. The van der Waals surface area contributed by atoms with Gasteiger partial charge < -0.3 is 19.5 Å². The molecule has 2 rings (SSSR count). The zero-order valence-electron chi connectivity index (χ0n) is 13.7. The quantitative estimate of drug-likeness (QED) is 0.847. The monoisotopic (exact) mass is 318 g/mol. The van der Waals surface area contributed by atoms with Crippen molar-refractivity contribution in [2.45, 2.75) is 20.3 Å². The van der Waals surface area contributed by atoms with Crippen LogP contribution in [-0.2, 0) is 6.42 Å². The predicted octanol–water partition coefficient (Wildman–Crippen LogP) is 2.34. The Morgan fingerprint density at radius 3 is 2.83 bits per heavy atom. The Morgan fingerprint density at radius 2 is 2.13 bits per heavy atom. The molecule has 0 bridgehead atoms. The van der Waals surface area contributed by atoms with E-state index in [1.165, 1.54) is 0 Å². The zero-order chi connectivity index (χ0) is 16.7. The van der Waals surface area contributed by atoms with Crippen molar-refractivity contribution >= 4 is 6.03 Å². The lowest BCUT2D eigenvalue weighted by atomic mass is 10.2. The Labute approximate surface area is 135 Å². The van der Waals surface area contributed by atoms with Gasteiger partial charge >= 0.3 is 6.03 Å². The third-order valence-corrected chi connectivity index (χ3v) is 3.46. The van der Waals surface area contributed by atoms with Crippen molar-refractivity contribution in [1.82, 2.24) is 20.4 Å². The number of hydrogen-bond donors (Lipinski definition) is 1. The standard InChI is InChI=1S/C16H22N4O3/c1-4-20(5-2)16(21)17-10-9-14-18-15(19-23-14)12-7-6-8-13(11-12)22-3/h6-8,11H,4-5,9-10H2,1-3H3,(H,17,21). The van der Waals surface area contributed by atoms with Crippen LogP contribution in [0.15, 0.2) is 28.8 Å². The maximum atomic E-state index is 11.8. The fraction of sp³-hybridized carbons (Fsp3) is 0.438. The smallest absolute Gasteiger partial charge is 0.317 e. The van der Waals surface area contributed by atoms with E-state index in [9.17, 15) is 4.79 Å². The summed E-state index contributed by atoms with van der Waals surface area (Å²) in [5, 5.41) is 6.80. The summed E-state index contributed by atoms with van der Waals surface area (Å²) < 4.78 is 10.4. The molecular weight excluding hydrogens is 296 g/mol. The first-order valence-electron chi connectivity index (χ1n) is 7.67. The van der Waals surface area contributed by atoms with Crippen LogP contribution in [0.25, 0.3) is 11.4 Å². The predicted molar refractivity (Wildman–Crippen MR) is 86.3 cm³/mol. The van der Waals surface area contributed by atoms with Crippen LogP contribution >= 0.6 is 0 Å². The Kier molecular flexibility index (Phi) is 5.96. The normalized spacial score (nSPS) is 10.4. The number of nitrogens with one attached hydrogen (secondary N) is 1. The molecule has 1 aromatic carbocycles. The Bertz CT molecular complexity index is 638. The molecule has 0 unspecified atom stereocenters. The van der Waals surface area contributed by atoms with Gasteiger partial charge in [0.25, 0.3) is 0 Å². The number of benzene rings is 1. The first-order chi connectivity index (χ1) is 11.2. The molecule has 0 saturated heterocycles. The number of urea groups is 1. The number of amides is 2. The molecule has 7 heteroatoms. The number of ether oxygens (including phenoxy) is 1. The van der Waals surface area contributed by atoms with Crippen LogP contribution in [-0.4, -0.2) is 47.8 Å². The molecule has 2 aromatic rings. The maximum Gasteiger partial charge on any atom is 0.317 e. The van der Waals surface area contributed by atoms with Crippen LogP contribution in [0.1, 0.15) is 19.7 Å². The molecule has 23 heavy (non-hydrogen) atoms. The fourth-order valence-corrected chi connectivity index (χ4v) is 2.13. The lowest BCUT2D eigenvalue weighted by Crippen LogP contribution is -2.40. The van der Waals surface area contributed by atoms with E-state index in [2.05, 4.69) is 15.5 Å². The van der Waals surface area contributed by atoms with E-state index in [1.807, 2.05) is 38.1 Å². The third kappa shape index (κ3) is 4.45. The summed E-state index contributed by atoms with van der Waals surface area (Å²) in [6.45, 7) is 5.71. The van der Waals surface area contributed by atoms with E-state index in [0.717, 1.165) is 11.3 Å². The van der Waals surface area contributed by atoms with Crippen molar-refractivity contribution in [2.75, 3.05) is 26.7 Å². The number of aromatic nitrogens is 2. The molecule has 0 aliphatic carbocycles. The van der Waals surface area contributed by atoms with E-state index in [0.29, 0.717) is 37.8 Å². The third-order valence-electron chi connectivity index (χ3n) is 3.46. The van der Waals surface area contributed by atoms with E-state index >= 15 is 0 Å². The molecule has 0 spiro atoms. The SMILES string of the molecule is CCN(CC)C(=O)NCCc1nc(-c2cccc(OC)c2)no1. The van der Waals surface area contributed by atoms with Crippen molar-refractivity contribution in [1.29, 1.82) is 0 Å². The van der Waals surface area contributed by atoms with Gasteiger partial charge in [-0.3, -0.25) is 0 Å². The van der Waals surface area contributed by atoms with Gasteiger partial charge in [-0.2, -0.15) is 4.98 Å². The maximum absolute atomic E-state index is 11.8. The second-order valence-corrected chi connectivity index (χ2v) is 4.90. The van der Waals surface area contributed by atoms with Gasteiger partial charge in [0.2, 0.25) is 11.7 Å². The van der Waals surface area contributed by atoms with Gasteiger partial charge in [-0.15, -0.1) is 0 Å². The summed E-state index contributed by atoms with van der Waals surface area (Å²) in [7, 11) is 1.61. The summed E-state index contributed by atoms with van der Waals surface area (Å²) in [6, 6.07) is 7.38. The number of methoxy groups -OCH3 is 1. The minimum Gasteiger partial charge on any atom is -0.497 e. The molecule has 0 atom stereocenters. The number of carbonyl (C=O) groups is 1. The molecule has 1 N–H and O–H groups in total. The molecule has 124 valence electrons. The van der Waals surface area contributed by atoms with Gasteiger partial charge in [-0.05, 0) is 26.0 Å². The van der Waals surface area contributed by atoms with Crippen LogP contribution < -0.4 is 10.1 Å². The highest BCUT2D eigenvalue weighted by atomic mass is 16.5. The van der Waals surface area contributed by atoms with Crippen LogP contribution in [0.5, 0.6) is 5.75 Å². The molecule has 1 aromatic heterocycles. The molecule has 0 saturated carbocycles. The molecule has 0 aliphatic rings. The van der Waals surface area contributed by atoms with E-state index < -0.39 is 0 Å².